The molecule has 2 saturated heterocycles. The van der Waals surface area contributed by atoms with Crippen LogP contribution >= 0.6 is 11.3 Å². The summed E-state index contributed by atoms with van der Waals surface area (Å²) in [6, 6.07) is 8.84. The quantitative estimate of drug-likeness (QED) is 0.172. The van der Waals surface area contributed by atoms with Crippen LogP contribution in [0.3, 0.4) is 0 Å². The fourth-order valence-electron chi connectivity index (χ4n) is 7.45. The Kier molecular flexibility index (Phi) is 12.1. The number of hydrogen-bond donors (Lipinski definition) is 2. The summed E-state index contributed by atoms with van der Waals surface area (Å²) in [5, 5.41) is 23.2. The number of alkyl halides is 3. The number of carboxylic acids is 1. The Morgan fingerprint density at radius 2 is 1.79 bits per heavy atom. The molecule has 2 N–H and O–H groups in total. The highest BCUT2D eigenvalue weighted by Crippen LogP contribution is 2.43. The number of aryl methyl sites for hydroxylation is 1. The summed E-state index contributed by atoms with van der Waals surface area (Å²) in [7, 11) is 0. The zero-order valence-corrected chi connectivity index (χ0v) is 31.4. The largest absolute Gasteiger partial charge is 0.493 e. The summed E-state index contributed by atoms with van der Waals surface area (Å²) in [6.45, 7) is 7.81. The van der Waals surface area contributed by atoms with E-state index in [1.54, 1.807) is 54.5 Å². The number of likely N-dealkylation sites (tertiary alicyclic amines) is 2. The van der Waals surface area contributed by atoms with Crippen molar-refractivity contribution in [3.63, 3.8) is 0 Å². The highest BCUT2D eigenvalue weighted by Gasteiger charge is 2.56. The monoisotopic (exact) mass is 759 g/mol. The number of pyridine rings is 1. The molecule has 2 amide bonds. The number of hydrogen-bond acceptors (Lipinski definition) is 8. The third kappa shape index (κ3) is 8.64. The van der Waals surface area contributed by atoms with Gasteiger partial charge in [-0.1, -0.05) is 31.5 Å². The molecule has 0 aliphatic carbocycles. The van der Waals surface area contributed by atoms with Gasteiger partial charge in [0.25, 0.3) is 11.8 Å². The Morgan fingerprint density at radius 3 is 2.43 bits per heavy atom. The van der Waals surface area contributed by atoms with Gasteiger partial charge in [0.2, 0.25) is 5.60 Å². The summed E-state index contributed by atoms with van der Waals surface area (Å²) < 4.78 is 54.9. The number of carbonyl (C=O) groups is 3. The van der Waals surface area contributed by atoms with Crippen molar-refractivity contribution in [2.45, 2.75) is 102 Å². The normalized spacial score (nSPS) is 20.6. The van der Waals surface area contributed by atoms with E-state index in [1.165, 1.54) is 16.2 Å². The standard InChI is InChI=1S/C39H48F3N3O7S/c1-5-10-32-38(52-27-23-26(2)53-25-27,15-8-19-45(32)33(46)28-24-43-18-13-29(28)39(40,41)42)34(47)44-20-16-37(50,17-21-44)30-11-6-7-12-31(30)51-22-9-14-36(3,4)35(48)49/h6-7,11-13,18,23-25,32,50H,5,8-10,14-17,19-22H2,1-4H3,(H,48,49)/t32-,38+/m1/s1. The second kappa shape index (κ2) is 16.1. The van der Waals surface area contributed by atoms with E-state index in [9.17, 15) is 37.8 Å². The van der Waals surface area contributed by atoms with Crippen LogP contribution in [0.1, 0.15) is 98.5 Å². The minimum absolute atomic E-state index is 0.140. The van der Waals surface area contributed by atoms with Crippen LogP contribution in [-0.2, 0) is 21.4 Å². The van der Waals surface area contributed by atoms with Crippen molar-refractivity contribution in [3.05, 3.63) is 75.7 Å². The van der Waals surface area contributed by atoms with Crippen molar-refractivity contribution < 1.29 is 47.2 Å². The number of aliphatic hydroxyl groups is 1. The summed E-state index contributed by atoms with van der Waals surface area (Å²) in [5.41, 5.74) is -4.93. The van der Waals surface area contributed by atoms with Gasteiger partial charge in [0.05, 0.1) is 34.8 Å². The Balaban J connectivity index is 1.41. The van der Waals surface area contributed by atoms with E-state index < -0.39 is 51.8 Å². The number of para-hydroxylation sites is 1. The smallest absolute Gasteiger partial charge is 0.417 e. The number of thiophene rings is 1. The predicted octanol–water partition coefficient (Wildman–Crippen LogP) is 7.47. The topological polar surface area (TPSA) is 130 Å². The van der Waals surface area contributed by atoms with Gasteiger partial charge in [0.15, 0.2) is 0 Å². The lowest BCUT2D eigenvalue weighted by molar-refractivity contribution is -0.163. The minimum Gasteiger partial charge on any atom is -0.493 e. The fraction of sp³-hybridized carbons (Fsp3) is 0.538. The molecule has 1 aromatic carbocycles. The number of halogens is 3. The second-order valence-electron chi connectivity index (χ2n) is 14.7. The molecule has 2 aliphatic heterocycles. The summed E-state index contributed by atoms with van der Waals surface area (Å²) in [4.78, 5) is 48.3. The van der Waals surface area contributed by atoms with E-state index in [0.717, 1.165) is 23.3 Å². The molecule has 10 nitrogen and oxygen atoms in total. The van der Waals surface area contributed by atoms with Gasteiger partial charge in [0, 0.05) is 54.3 Å². The van der Waals surface area contributed by atoms with E-state index in [0.29, 0.717) is 49.2 Å². The van der Waals surface area contributed by atoms with Crippen molar-refractivity contribution in [2.24, 2.45) is 5.41 Å². The van der Waals surface area contributed by atoms with Crippen LogP contribution in [0, 0.1) is 12.3 Å². The van der Waals surface area contributed by atoms with Crippen LogP contribution in [0.25, 0.3) is 0 Å². The molecular formula is C39H48F3N3O7S. The lowest BCUT2D eigenvalue weighted by Gasteiger charge is -2.51. The first-order chi connectivity index (χ1) is 25.0. The van der Waals surface area contributed by atoms with Gasteiger partial charge < -0.3 is 29.5 Å². The molecule has 0 bridgehead atoms. The molecule has 2 atom stereocenters. The number of carboxylic acid groups (broad SMARTS) is 1. The lowest BCUT2D eigenvalue weighted by Crippen LogP contribution is -2.68. The van der Waals surface area contributed by atoms with Crippen molar-refractivity contribution in [2.75, 3.05) is 26.2 Å². The third-order valence-electron chi connectivity index (χ3n) is 10.5. The molecule has 0 radical (unpaired) electrons. The van der Waals surface area contributed by atoms with Crippen molar-refractivity contribution in [1.29, 1.82) is 0 Å². The Morgan fingerprint density at radius 1 is 1.08 bits per heavy atom. The average molecular weight is 760 g/mol. The number of ether oxygens (including phenoxy) is 2. The molecule has 4 heterocycles. The van der Waals surface area contributed by atoms with Crippen LogP contribution in [0.15, 0.2) is 54.2 Å². The van der Waals surface area contributed by atoms with E-state index in [-0.39, 0.29) is 51.4 Å². The highest BCUT2D eigenvalue weighted by molar-refractivity contribution is 7.10. The van der Waals surface area contributed by atoms with E-state index in [1.807, 2.05) is 13.8 Å². The van der Waals surface area contributed by atoms with Crippen LogP contribution in [0.2, 0.25) is 0 Å². The van der Waals surface area contributed by atoms with Gasteiger partial charge >= 0.3 is 12.1 Å². The summed E-state index contributed by atoms with van der Waals surface area (Å²) >= 11 is 1.44. The number of aliphatic carboxylic acids is 1. The van der Waals surface area contributed by atoms with Gasteiger partial charge in [0.1, 0.15) is 11.5 Å². The maximum atomic E-state index is 14.9. The van der Waals surface area contributed by atoms with Crippen molar-refractivity contribution in [3.8, 4) is 11.5 Å². The zero-order valence-electron chi connectivity index (χ0n) is 30.6. The molecule has 2 fully saturated rings. The Hall–Kier alpha value is -4.17. The Bertz CT molecular complexity index is 1770. The molecular weight excluding hydrogens is 712 g/mol. The van der Waals surface area contributed by atoms with Crippen molar-refractivity contribution >= 4 is 29.1 Å². The number of carbonyl (C=O) groups excluding carboxylic acids is 2. The SMILES string of the molecule is CCC[C@H]1N(C(=O)c2cnccc2C(F)(F)F)CCC[C@@]1(Oc1csc(C)c1)C(=O)N1CCC(O)(c2ccccc2OCCCC(C)(C)C(=O)O)CC1. The second-order valence-corrected chi connectivity index (χ2v) is 15.8. The molecule has 2 aromatic heterocycles. The number of aromatic nitrogens is 1. The van der Waals surface area contributed by atoms with E-state index >= 15 is 0 Å². The van der Waals surface area contributed by atoms with Crippen LogP contribution < -0.4 is 9.47 Å². The van der Waals surface area contributed by atoms with Gasteiger partial charge in [-0.3, -0.25) is 19.4 Å². The molecule has 2 aliphatic rings. The Labute approximate surface area is 311 Å². The third-order valence-corrected chi connectivity index (χ3v) is 11.3. The maximum Gasteiger partial charge on any atom is 0.417 e. The molecule has 5 rings (SSSR count). The van der Waals surface area contributed by atoms with Gasteiger partial charge in [-0.25, -0.2) is 0 Å². The predicted molar refractivity (Wildman–Crippen MR) is 193 cm³/mol. The molecule has 3 aromatic rings. The zero-order chi connectivity index (χ0) is 38.6. The number of amides is 2. The molecule has 0 unspecified atom stereocenters. The number of piperidine rings is 2. The number of benzene rings is 1. The van der Waals surface area contributed by atoms with Gasteiger partial charge in [-0.2, -0.15) is 13.2 Å². The first-order valence-corrected chi connectivity index (χ1v) is 18.9. The van der Waals surface area contributed by atoms with Crippen molar-refractivity contribution in [1.82, 2.24) is 14.8 Å². The van der Waals surface area contributed by atoms with E-state index in [4.69, 9.17) is 9.47 Å². The minimum atomic E-state index is -4.78. The van der Waals surface area contributed by atoms with Gasteiger partial charge in [-0.05, 0) is 77.5 Å². The molecule has 288 valence electrons. The van der Waals surface area contributed by atoms with E-state index in [2.05, 4.69) is 4.98 Å². The van der Waals surface area contributed by atoms with Crippen LogP contribution in [-0.4, -0.2) is 80.7 Å². The summed E-state index contributed by atoms with van der Waals surface area (Å²) in [5.74, 6) is -1.20. The number of rotatable bonds is 13. The molecule has 53 heavy (non-hydrogen) atoms. The average Bonchev–Trinajstić information content (AvgIpc) is 3.54. The molecule has 0 spiro atoms. The lowest BCUT2D eigenvalue weighted by atomic mass is 9.78. The maximum absolute atomic E-state index is 14.9. The van der Waals surface area contributed by atoms with Crippen LogP contribution in [0.5, 0.6) is 11.5 Å². The first kappa shape index (κ1) is 40.0. The molecule has 14 heteroatoms. The molecule has 0 saturated carbocycles. The van der Waals surface area contributed by atoms with Gasteiger partial charge in [-0.15, -0.1) is 11.3 Å². The highest BCUT2D eigenvalue weighted by atomic mass is 32.1. The first-order valence-electron chi connectivity index (χ1n) is 18.1. The fourth-order valence-corrected chi connectivity index (χ4v) is 8.05. The van der Waals surface area contributed by atoms with Crippen LogP contribution in [0.4, 0.5) is 13.2 Å². The summed E-state index contributed by atoms with van der Waals surface area (Å²) in [6.07, 6.45) is -0.223. The number of nitrogens with zero attached hydrogens (tertiary/aromatic N) is 3.